The van der Waals surface area contributed by atoms with Gasteiger partial charge in [0.2, 0.25) is 0 Å². The number of benzene rings is 2. The van der Waals surface area contributed by atoms with Crippen LogP contribution in [0.2, 0.25) is 0 Å². The van der Waals surface area contributed by atoms with Crippen molar-refractivity contribution in [1.82, 2.24) is 0 Å². The molecule has 0 saturated carbocycles. The second kappa shape index (κ2) is 8.02. The molecule has 1 radical (unpaired) electrons. The Labute approximate surface area is 138 Å². The Hall–Kier alpha value is -1.26. The first-order valence-electron chi connectivity index (χ1n) is 5.47. The van der Waals surface area contributed by atoms with Gasteiger partial charge in [-0.3, -0.25) is 0 Å². The Morgan fingerprint density at radius 2 is 1.05 bits per heavy atom. The van der Waals surface area contributed by atoms with E-state index in [0.29, 0.717) is 22.5 Å². The molecule has 0 aliphatic carbocycles. The molecule has 0 aliphatic rings. The predicted molar refractivity (Wildman–Crippen MR) is 70.1 cm³/mol. The summed E-state index contributed by atoms with van der Waals surface area (Å²) in [5.74, 6) is 0.0185. The van der Waals surface area contributed by atoms with Crippen molar-refractivity contribution in [1.29, 1.82) is 0 Å². The van der Waals surface area contributed by atoms with Crippen molar-refractivity contribution in [2.75, 3.05) is 11.5 Å². The van der Waals surface area contributed by atoms with Gasteiger partial charge >= 0.3 is 0 Å². The van der Waals surface area contributed by atoms with Gasteiger partial charge < -0.3 is 21.7 Å². The van der Waals surface area contributed by atoms with Crippen LogP contribution in [0.15, 0.2) is 36.4 Å². The molecule has 0 unspecified atom stereocenters. The molecule has 0 bridgehead atoms. The molecule has 0 spiro atoms. The number of nitrogen functional groups attached to an aromatic ring is 2. The van der Waals surface area contributed by atoms with Crippen LogP contribution in [0, 0.1) is 13.8 Å². The van der Waals surface area contributed by atoms with E-state index >= 15 is 0 Å². The molecule has 4 N–H and O–H groups in total. The molecule has 2 aromatic carbocycles. The van der Waals surface area contributed by atoms with Crippen LogP contribution in [0.25, 0.3) is 0 Å². The van der Waals surface area contributed by atoms with Crippen molar-refractivity contribution in [2.45, 2.75) is 13.8 Å². The third-order valence-electron chi connectivity index (χ3n) is 2.65. The van der Waals surface area contributed by atoms with Gasteiger partial charge in [0.05, 0.1) is 0 Å². The number of rotatable bonds is 0. The minimum atomic E-state index is 0. The zero-order valence-corrected chi connectivity index (χ0v) is 13.9. The molecule has 0 aliphatic heterocycles. The molecule has 2 aromatic rings. The normalized spacial score (nSPS) is 8.95. The van der Waals surface area contributed by atoms with Gasteiger partial charge in [-0.2, -0.15) is 0 Å². The monoisotopic (exact) mass is 333 g/mol. The third kappa shape index (κ3) is 5.09. The quantitative estimate of drug-likeness (QED) is 0.710. The van der Waals surface area contributed by atoms with Gasteiger partial charge in [-0.1, -0.05) is 24.3 Å². The van der Waals surface area contributed by atoms with Crippen LogP contribution < -0.4 is 21.7 Å². The van der Waals surface area contributed by atoms with Crippen molar-refractivity contribution in [3.63, 3.8) is 0 Å². The number of hydrogen-bond donors (Lipinski definition) is 2. The topological polar surface area (TPSA) is 98.2 Å². The van der Waals surface area contributed by atoms with Crippen molar-refractivity contribution < 1.29 is 42.9 Å². The zero-order valence-electron chi connectivity index (χ0n) is 11.0. The van der Waals surface area contributed by atoms with Crippen LogP contribution in [0.5, 0.6) is 11.5 Å². The first-order valence-corrected chi connectivity index (χ1v) is 5.47. The van der Waals surface area contributed by atoms with Gasteiger partial charge in [0.1, 0.15) is 0 Å². The maximum Gasteiger partial charge on any atom is 0.0337 e. The Morgan fingerprint density at radius 1 is 0.737 bits per heavy atom. The van der Waals surface area contributed by atoms with Crippen LogP contribution in [-0.4, -0.2) is 0 Å². The molecule has 99 valence electrons. The van der Waals surface area contributed by atoms with Gasteiger partial charge in [0, 0.05) is 44.1 Å². The largest absolute Gasteiger partial charge is 0.872 e. The second-order valence-corrected chi connectivity index (χ2v) is 3.94. The molecule has 0 aromatic heterocycles. The van der Waals surface area contributed by atoms with Crippen LogP contribution in [0.3, 0.4) is 0 Å². The molecular weight excluding hydrogens is 317 g/mol. The molecule has 0 fully saturated rings. The first kappa shape index (κ1) is 17.7. The molecule has 4 nitrogen and oxygen atoms in total. The molecular formula is C14H16N2O2Y-2. The summed E-state index contributed by atoms with van der Waals surface area (Å²) in [6, 6.07) is 9.76. The number of anilines is 2. The Morgan fingerprint density at radius 3 is 1.26 bits per heavy atom. The molecule has 0 heterocycles. The first-order chi connectivity index (χ1) is 8.43. The fraction of sp³-hybridized carbons (Fsp3) is 0.143. The van der Waals surface area contributed by atoms with Gasteiger partial charge in [0.25, 0.3) is 0 Å². The average molecular weight is 333 g/mol. The van der Waals surface area contributed by atoms with E-state index in [-0.39, 0.29) is 44.2 Å². The van der Waals surface area contributed by atoms with E-state index in [2.05, 4.69) is 0 Å². The van der Waals surface area contributed by atoms with Crippen molar-refractivity contribution >= 4 is 11.4 Å². The Balaban J connectivity index is 0.000000324. The second-order valence-electron chi connectivity index (χ2n) is 3.94. The van der Waals surface area contributed by atoms with E-state index in [1.807, 2.05) is 0 Å². The summed E-state index contributed by atoms with van der Waals surface area (Å²) in [5.41, 5.74) is 13.3. The Kier molecular flexibility index (Phi) is 7.49. The van der Waals surface area contributed by atoms with Crippen molar-refractivity contribution in [2.24, 2.45) is 0 Å². The minimum absolute atomic E-state index is 0. The van der Waals surface area contributed by atoms with Gasteiger partial charge in [-0.25, -0.2) is 0 Å². The maximum atomic E-state index is 10.8. The SMILES string of the molecule is Cc1c(N)cccc1[O-].Cc1c(N)cccc1[O-].[Y]. The summed E-state index contributed by atoms with van der Waals surface area (Å²) in [7, 11) is 0. The third-order valence-corrected chi connectivity index (χ3v) is 2.65. The molecule has 19 heavy (non-hydrogen) atoms. The van der Waals surface area contributed by atoms with E-state index in [1.165, 1.54) is 12.1 Å². The fourth-order valence-electron chi connectivity index (χ4n) is 1.26. The van der Waals surface area contributed by atoms with Crippen LogP contribution >= 0.6 is 0 Å². The number of hydrogen-bond acceptors (Lipinski definition) is 4. The minimum Gasteiger partial charge on any atom is -0.872 e. The summed E-state index contributed by atoms with van der Waals surface area (Å²) in [5, 5.41) is 21.5. The summed E-state index contributed by atoms with van der Waals surface area (Å²) < 4.78 is 0. The van der Waals surface area contributed by atoms with E-state index in [0.717, 1.165) is 0 Å². The van der Waals surface area contributed by atoms with Gasteiger partial charge in [0.15, 0.2) is 0 Å². The summed E-state index contributed by atoms with van der Waals surface area (Å²) in [6.07, 6.45) is 0. The average Bonchev–Trinajstić information content (AvgIpc) is 2.34. The summed E-state index contributed by atoms with van der Waals surface area (Å²) in [4.78, 5) is 0. The van der Waals surface area contributed by atoms with Crippen molar-refractivity contribution in [3.05, 3.63) is 47.5 Å². The maximum absolute atomic E-state index is 10.8. The van der Waals surface area contributed by atoms with Gasteiger partial charge in [-0.05, 0) is 37.1 Å². The zero-order chi connectivity index (χ0) is 13.7. The molecule has 2 rings (SSSR count). The Bertz CT molecular complexity index is 455. The van der Waals surface area contributed by atoms with Crippen LogP contribution in [0.1, 0.15) is 11.1 Å². The molecule has 0 saturated heterocycles. The van der Waals surface area contributed by atoms with E-state index in [1.54, 1.807) is 38.1 Å². The standard InChI is InChI=1S/2C7H9NO.Y/c2*1-5-6(8)3-2-4-7(5)9;/h2*2-4,9H,8H2,1H3;/p-2. The number of nitrogens with two attached hydrogens (primary N) is 2. The van der Waals surface area contributed by atoms with E-state index in [4.69, 9.17) is 11.5 Å². The summed E-state index contributed by atoms with van der Waals surface area (Å²) >= 11 is 0. The predicted octanol–water partition coefficient (Wildman–Crippen LogP) is 1.30. The molecule has 0 amide bonds. The van der Waals surface area contributed by atoms with E-state index < -0.39 is 0 Å². The van der Waals surface area contributed by atoms with Gasteiger partial charge in [-0.15, -0.1) is 11.5 Å². The molecule has 5 heteroatoms. The molecule has 0 atom stereocenters. The smallest absolute Gasteiger partial charge is 0.0337 e. The van der Waals surface area contributed by atoms with Crippen LogP contribution in [0.4, 0.5) is 11.4 Å². The fourth-order valence-corrected chi connectivity index (χ4v) is 1.26. The van der Waals surface area contributed by atoms with E-state index in [9.17, 15) is 10.2 Å². The van der Waals surface area contributed by atoms with Crippen molar-refractivity contribution in [3.8, 4) is 11.5 Å². The van der Waals surface area contributed by atoms with Crippen LogP contribution in [-0.2, 0) is 32.7 Å². The summed E-state index contributed by atoms with van der Waals surface area (Å²) in [6.45, 7) is 3.44.